The van der Waals surface area contributed by atoms with Crippen LogP contribution in [-0.4, -0.2) is 23.5 Å². The maximum Gasteiger partial charge on any atom is 0.252 e. The summed E-state index contributed by atoms with van der Waals surface area (Å²) in [4.78, 5) is 16.0. The molecule has 0 aliphatic carbocycles. The average Bonchev–Trinajstić information content (AvgIpc) is 2.34. The highest BCUT2D eigenvalue weighted by Crippen LogP contribution is 2.06. The summed E-state index contributed by atoms with van der Waals surface area (Å²) in [5.74, 6) is 0.752. The van der Waals surface area contributed by atoms with Gasteiger partial charge in [0.05, 0.1) is 5.56 Å². The summed E-state index contributed by atoms with van der Waals surface area (Å²) < 4.78 is 0. The molecule has 4 heteroatoms. The molecule has 1 aromatic rings. The smallest absolute Gasteiger partial charge is 0.252 e. The lowest BCUT2D eigenvalue weighted by Gasteiger charge is -2.09. The Bertz CT molecular complexity index is 360. The summed E-state index contributed by atoms with van der Waals surface area (Å²) >= 11 is 0. The first-order valence-corrected chi connectivity index (χ1v) is 6.64. The van der Waals surface area contributed by atoms with E-state index in [9.17, 15) is 4.79 Å². The highest BCUT2D eigenvalue weighted by molar-refractivity contribution is 5.93. The zero-order chi connectivity index (χ0) is 13.4. The average molecular weight is 249 g/mol. The highest BCUT2D eigenvalue weighted by Gasteiger charge is 2.05. The number of aromatic nitrogens is 1. The van der Waals surface area contributed by atoms with E-state index in [1.54, 1.807) is 12.3 Å². The molecule has 100 valence electrons. The molecular formula is C14H23N3O. The Morgan fingerprint density at radius 1 is 1.33 bits per heavy atom. The normalized spacial score (nSPS) is 10.4. The molecule has 0 fully saturated rings. The van der Waals surface area contributed by atoms with Gasteiger partial charge in [-0.15, -0.1) is 0 Å². The Morgan fingerprint density at radius 2 is 2.11 bits per heavy atom. The van der Waals surface area contributed by atoms with E-state index < -0.39 is 0 Å². The standard InChI is InChI=1S/C14H23N3O/c1-4-5-6-9-15-14(18)12-7-8-13(16-10-12)17-11(2)3/h7-8,10-11H,4-6,9H2,1-3H3,(H,15,18)(H,16,17). The van der Waals surface area contributed by atoms with Crippen LogP contribution in [0.3, 0.4) is 0 Å². The van der Waals surface area contributed by atoms with E-state index in [1.807, 2.05) is 6.07 Å². The number of pyridine rings is 1. The van der Waals surface area contributed by atoms with Gasteiger partial charge < -0.3 is 10.6 Å². The van der Waals surface area contributed by atoms with E-state index in [-0.39, 0.29) is 5.91 Å². The van der Waals surface area contributed by atoms with Crippen molar-refractivity contribution in [3.8, 4) is 0 Å². The zero-order valence-corrected chi connectivity index (χ0v) is 11.5. The van der Waals surface area contributed by atoms with E-state index in [0.29, 0.717) is 11.6 Å². The fourth-order valence-corrected chi connectivity index (χ4v) is 1.59. The van der Waals surface area contributed by atoms with Crippen molar-refractivity contribution in [3.05, 3.63) is 23.9 Å². The minimum absolute atomic E-state index is 0.0466. The van der Waals surface area contributed by atoms with E-state index in [4.69, 9.17) is 0 Å². The molecule has 1 heterocycles. The monoisotopic (exact) mass is 249 g/mol. The van der Waals surface area contributed by atoms with E-state index in [1.165, 1.54) is 0 Å². The predicted molar refractivity (Wildman–Crippen MR) is 74.9 cm³/mol. The molecule has 0 aliphatic heterocycles. The van der Waals surface area contributed by atoms with Crippen LogP contribution in [0.25, 0.3) is 0 Å². The third-order valence-corrected chi connectivity index (χ3v) is 2.53. The van der Waals surface area contributed by atoms with Gasteiger partial charge in [0, 0.05) is 18.8 Å². The third kappa shape index (κ3) is 5.17. The number of nitrogens with one attached hydrogen (secondary N) is 2. The maximum atomic E-state index is 11.8. The van der Waals surface area contributed by atoms with Crippen LogP contribution in [0, 0.1) is 0 Å². The van der Waals surface area contributed by atoms with Crippen LogP contribution >= 0.6 is 0 Å². The molecule has 1 amide bonds. The Labute approximate surface area is 109 Å². The Kier molecular flexibility index (Phi) is 6.19. The van der Waals surface area contributed by atoms with E-state index in [2.05, 4.69) is 36.4 Å². The highest BCUT2D eigenvalue weighted by atomic mass is 16.1. The van der Waals surface area contributed by atoms with Crippen molar-refractivity contribution in [1.82, 2.24) is 10.3 Å². The molecule has 0 unspecified atom stereocenters. The third-order valence-electron chi connectivity index (χ3n) is 2.53. The summed E-state index contributed by atoms with van der Waals surface area (Å²) in [5.41, 5.74) is 0.612. The summed E-state index contributed by atoms with van der Waals surface area (Å²) in [7, 11) is 0. The molecule has 0 atom stereocenters. The van der Waals surface area contributed by atoms with Crippen LogP contribution < -0.4 is 10.6 Å². The van der Waals surface area contributed by atoms with Gasteiger partial charge in [-0.05, 0) is 32.4 Å². The van der Waals surface area contributed by atoms with E-state index in [0.717, 1.165) is 31.6 Å². The predicted octanol–water partition coefficient (Wildman–Crippen LogP) is 2.82. The molecule has 0 bridgehead atoms. The molecule has 0 saturated heterocycles. The maximum absolute atomic E-state index is 11.8. The number of hydrogen-bond donors (Lipinski definition) is 2. The second-order valence-electron chi connectivity index (χ2n) is 4.69. The zero-order valence-electron chi connectivity index (χ0n) is 11.5. The number of amides is 1. The van der Waals surface area contributed by atoms with Crippen molar-refractivity contribution >= 4 is 11.7 Å². The van der Waals surface area contributed by atoms with Gasteiger partial charge >= 0.3 is 0 Å². The van der Waals surface area contributed by atoms with Gasteiger partial charge in [0.15, 0.2) is 0 Å². The number of anilines is 1. The van der Waals surface area contributed by atoms with Gasteiger partial charge in [0.1, 0.15) is 5.82 Å². The number of carbonyl (C=O) groups excluding carboxylic acids is 1. The van der Waals surface area contributed by atoms with Gasteiger partial charge in [0.25, 0.3) is 5.91 Å². The molecule has 0 radical (unpaired) electrons. The SMILES string of the molecule is CCCCCNC(=O)c1ccc(NC(C)C)nc1. The lowest BCUT2D eigenvalue weighted by molar-refractivity contribution is 0.0952. The summed E-state index contributed by atoms with van der Waals surface area (Å²) in [5, 5.41) is 6.08. The summed E-state index contributed by atoms with van der Waals surface area (Å²) in [6.07, 6.45) is 4.95. The minimum atomic E-state index is -0.0466. The molecule has 2 N–H and O–H groups in total. The van der Waals surface area contributed by atoms with E-state index >= 15 is 0 Å². The number of unbranched alkanes of at least 4 members (excludes halogenated alkanes) is 2. The minimum Gasteiger partial charge on any atom is -0.368 e. The first-order chi connectivity index (χ1) is 8.63. The van der Waals surface area contributed by atoms with Gasteiger partial charge in [0.2, 0.25) is 0 Å². The molecule has 0 aromatic carbocycles. The Hall–Kier alpha value is -1.58. The van der Waals surface area contributed by atoms with Crippen molar-refractivity contribution < 1.29 is 4.79 Å². The summed E-state index contributed by atoms with van der Waals surface area (Å²) in [6, 6.07) is 3.97. The number of carbonyl (C=O) groups is 1. The lowest BCUT2D eigenvalue weighted by atomic mass is 10.2. The van der Waals surface area contributed by atoms with Gasteiger partial charge in [-0.1, -0.05) is 19.8 Å². The fraction of sp³-hybridized carbons (Fsp3) is 0.571. The second kappa shape index (κ2) is 7.69. The molecule has 4 nitrogen and oxygen atoms in total. The van der Waals surface area contributed by atoms with Crippen molar-refractivity contribution in [2.45, 2.75) is 46.1 Å². The van der Waals surface area contributed by atoms with Crippen LogP contribution in [-0.2, 0) is 0 Å². The van der Waals surface area contributed by atoms with Crippen molar-refractivity contribution in [3.63, 3.8) is 0 Å². The van der Waals surface area contributed by atoms with Crippen LogP contribution in [0.2, 0.25) is 0 Å². The quantitative estimate of drug-likeness (QED) is 0.731. The molecule has 1 rings (SSSR count). The van der Waals surface area contributed by atoms with Gasteiger partial charge in [-0.2, -0.15) is 0 Å². The largest absolute Gasteiger partial charge is 0.368 e. The van der Waals surface area contributed by atoms with Crippen LogP contribution in [0.1, 0.15) is 50.4 Å². The lowest BCUT2D eigenvalue weighted by Crippen LogP contribution is -2.24. The Balaban J connectivity index is 2.43. The van der Waals surface area contributed by atoms with Crippen LogP contribution in [0.15, 0.2) is 18.3 Å². The molecule has 1 aromatic heterocycles. The molecule has 18 heavy (non-hydrogen) atoms. The molecule has 0 spiro atoms. The fourth-order valence-electron chi connectivity index (χ4n) is 1.59. The number of rotatable bonds is 7. The number of hydrogen-bond acceptors (Lipinski definition) is 3. The first-order valence-electron chi connectivity index (χ1n) is 6.64. The van der Waals surface area contributed by atoms with Crippen molar-refractivity contribution in [2.24, 2.45) is 0 Å². The Morgan fingerprint density at radius 3 is 2.67 bits per heavy atom. The molecular weight excluding hydrogens is 226 g/mol. The number of nitrogens with zero attached hydrogens (tertiary/aromatic N) is 1. The molecule has 0 aliphatic rings. The first kappa shape index (κ1) is 14.5. The van der Waals surface area contributed by atoms with Gasteiger partial charge in [-0.3, -0.25) is 4.79 Å². The van der Waals surface area contributed by atoms with Crippen molar-refractivity contribution in [2.75, 3.05) is 11.9 Å². The van der Waals surface area contributed by atoms with Crippen molar-refractivity contribution in [1.29, 1.82) is 0 Å². The molecule has 0 saturated carbocycles. The van der Waals surface area contributed by atoms with Crippen LogP contribution in [0.4, 0.5) is 5.82 Å². The van der Waals surface area contributed by atoms with Crippen LogP contribution in [0.5, 0.6) is 0 Å². The summed E-state index contributed by atoms with van der Waals surface area (Å²) in [6.45, 7) is 6.98. The second-order valence-corrected chi connectivity index (χ2v) is 4.69. The topological polar surface area (TPSA) is 54.0 Å². The van der Waals surface area contributed by atoms with Gasteiger partial charge in [-0.25, -0.2) is 4.98 Å².